The number of hydrogen-bond donors (Lipinski definition) is 2. The van der Waals surface area contributed by atoms with Crippen LogP contribution in [0.4, 0.5) is 4.39 Å². The van der Waals surface area contributed by atoms with E-state index in [1.54, 1.807) is 26.8 Å². The minimum absolute atomic E-state index is 0.156. The lowest BCUT2D eigenvalue weighted by Crippen LogP contribution is -2.59. The van der Waals surface area contributed by atoms with Gasteiger partial charge in [-0.25, -0.2) is 4.39 Å². The van der Waals surface area contributed by atoms with Crippen molar-refractivity contribution < 1.29 is 28.6 Å². The van der Waals surface area contributed by atoms with Crippen LogP contribution in [0, 0.1) is 22.2 Å². The van der Waals surface area contributed by atoms with Crippen molar-refractivity contribution in [2.24, 2.45) is 16.7 Å². The van der Waals surface area contributed by atoms with Gasteiger partial charge in [0, 0.05) is 10.8 Å². The highest BCUT2D eigenvalue weighted by Crippen LogP contribution is 2.57. The standard InChI is InChI=1S/C26H38FNO5/c1-7-22(2,3)26(20(31)15-28)21(32-23(4,5)33-26)11-10-17-8-9-18-14-19(30)12-13-24(18,6)25(17,27)16-29/h12-15,17,21,28-29H,7-11,16H2,1-6H3. The number of aliphatic hydroxyl groups excluding tert-OH is 1. The van der Waals surface area contributed by atoms with E-state index >= 15 is 4.39 Å². The average Bonchev–Trinajstić information content (AvgIpc) is 3.06. The first-order valence-electron chi connectivity index (χ1n) is 11.9. The Hall–Kier alpha value is -1.70. The second kappa shape index (κ2) is 8.51. The number of ketones is 2. The molecule has 0 radical (unpaired) electrons. The Bertz CT molecular complexity index is 893. The van der Waals surface area contributed by atoms with Crippen molar-refractivity contribution in [3.63, 3.8) is 0 Å². The molecule has 1 saturated carbocycles. The Morgan fingerprint density at radius 3 is 2.58 bits per heavy atom. The molecule has 6 nitrogen and oxygen atoms in total. The van der Waals surface area contributed by atoms with Crippen LogP contribution in [-0.2, 0) is 19.1 Å². The maximum Gasteiger partial charge on any atom is 0.208 e. The highest BCUT2D eigenvalue weighted by molar-refractivity contribution is 6.30. The molecule has 0 amide bonds. The van der Waals surface area contributed by atoms with E-state index < -0.39 is 52.3 Å². The lowest BCUT2D eigenvalue weighted by Gasteiger charge is -2.51. The second-order valence-corrected chi connectivity index (χ2v) is 11.0. The summed E-state index contributed by atoms with van der Waals surface area (Å²) in [7, 11) is 0. The first-order valence-corrected chi connectivity index (χ1v) is 11.9. The Morgan fingerprint density at radius 1 is 1.33 bits per heavy atom. The largest absolute Gasteiger partial charge is 0.393 e. The molecule has 0 spiro atoms. The fourth-order valence-corrected chi connectivity index (χ4v) is 6.12. The molecule has 1 saturated heterocycles. The first kappa shape index (κ1) is 25.9. The van der Waals surface area contributed by atoms with Crippen LogP contribution in [0.25, 0.3) is 0 Å². The summed E-state index contributed by atoms with van der Waals surface area (Å²) in [6.07, 6.45) is 7.01. The van der Waals surface area contributed by atoms with Gasteiger partial charge in [-0.15, -0.1) is 0 Å². The zero-order valence-electron chi connectivity index (χ0n) is 20.7. The van der Waals surface area contributed by atoms with E-state index in [4.69, 9.17) is 14.9 Å². The highest BCUT2D eigenvalue weighted by Gasteiger charge is 2.64. The van der Waals surface area contributed by atoms with E-state index in [0.717, 1.165) is 6.21 Å². The molecule has 5 atom stereocenters. The number of Topliss-reactive ketones (excluding diaryl/α,β-unsaturated/α-hetero) is 1. The van der Waals surface area contributed by atoms with E-state index in [2.05, 4.69) is 0 Å². The molecule has 1 heterocycles. The Morgan fingerprint density at radius 2 is 2.00 bits per heavy atom. The summed E-state index contributed by atoms with van der Waals surface area (Å²) in [6.45, 7) is 10.4. The smallest absolute Gasteiger partial charge is 0.208 e. The number of hydrogen-bond acceptors (Lipinski definition) is 6. The Labute approximate surface area is 196 Å². The Kier molecular flexibility index (Phi) is 6.68. The van der Waals surface area contributed by atoms with Crippen molar-refractivity contribution in [2.45, 2.75) is 96.8 Å². The lowest BCUT2D eigenvalue weighted by atomic mass is 9.55. The molecular weight excluding hydrogens is 425 g/mol. The normalized spacial score (nSPS) is 38.1. The molecule has 0 aromatic heterocycles. The summed E-state index contributed by atoms with van der Waals surface area (Å²) < 4.78 is 29.0. The van der Waals surface area contributed by atoms with Gasteiger partial charge in [-0.3, -0.25) is 9.59 Å². The molecule has 5 unspecified atom stereocenters. The van der Waals surface area contributed by atoms with Gasteiger partial charge >= 0.3 is 0 Å². The molecule has 2 N–H and O–H groups in total. The number of ether oxygens (including phenoxy) is 2. The topological polar surface area (TPSA) is 96.7 Å². The van der Waals surface area contributed by atoms with Gasteiger partial charge in [0.05, 0.1) is 18.9 Å². The van der Waals surface area contributed by atoms with Crippen LogP contribution in [0.1, 0.15) is 73.6 Å². The third-order valence-electron chi connectivity index (χ3n) is 8.52. The third-order valence-corrected chi connectivity index (χ3v) is 8.52. The van der Waals surface area contributed by atoms with Gasteiger partial charge in [-0.2, -0.15) is 0 Å². The average molecular weight is 464 g/mol. The van der Waals surface area contributed by atoms with E-state index in [-0.39, 0.29) is 5.78 Å². The molecule has 0 aromatic rings. The van der Waals surface area contributed by atoms with Gasteiger partial charge in [-0.1, -0.05) is 32.4 Å². The van der Waals surface area contributed by atoms with Gasteiger partial charge in [0.25, 0.3) is 0 Å². The summed E-state index contributed by atoms with van der Waals surface area (Å²) in [5, 5.41) is 17.9. The van der Waals surface area contributed by atoms with Crippen LogP contribution in [0.2, 0.25) is 0 Å². The number of aliphatic hydroxyl groups is 1. The maximum atomic E-state index is 16.5. The van der Waals surface area contributed by atoms with E-state index in [1.165, 1.54) is 12.2 Å². The number of carbonyl (C=O) groups excluding carboxylic acids is 2. The molecule has 3 rings (SSSR count). The van der Waals surface area contributed by atoms with Crippen molar-refractivity contribution in [2.75, 3.05) is 6.61 Å². The molecule has 0 bridgehead atoms. The Balaban J connectivity index is 1.93. The monoisotopic (exact) mass is 463 g/mol. The fourth-order valence-electron chi connectivity index (χ4n) is 6.12. The molecule has 2 fully saturated rings. The van der Waals surface area contributed by atoms with Crippen LogP contribution >= 0.6 is 0 Å². The summed E-state index contributed by atoms with van der Waals surface area (Å²) >= 11 is 0. The molecule has 3 aliphatic rings. The molecule has 33 heavy (non-hydrogen) atoms. The zero-order valence-corrected chi connectivity index (χ0v) is 20.7. The van der Waals surface area contributed by atoms with E-state index in [1.807, 2.05) is 20.8 Å². The van der Waals surface area contributed by atoms with Crippen molar-refractivity contribution in [1.29, 1.82) is 5.41 Å². The zero-order chi connectivity index (χ0) is 24.9. The summed E-state index contributed by atoms with van der Waals surface area (Å²) in [5.41, 5.74) is -4.27. The SMILES string of the molecule is CCC(C)(C)C1(C(=O)C=N)OC(C)(C)OC1CCC1CCC2=CC(=O)C=CC2(C)C1(F)CO. The predicted octanol–water partition coefficient (Wildman–Crippen LogP) is 4.49. The van der Waals surface area contributed by atoms with Crippen molar-refractivity contribution in [1.82, 2.24) is 0 Å². The van der Waals surface area contributed by atoms with E-state index in [9.17, 15) is 14.7 Å². The first-order chi connectivity index (χ1) is 15.2. The van der Waals surface area contributed by atoms with Gasteiger partial charge < -0.3 is 20.0 Å². The predicted molar refractivity (Wildman–Crippen MR) is 124 cm³/mol. The van der Waals surface area contributed by atoms with Crippen molar-refractivity contribution in [3.8, 4) is 0 Å². The molecular formula is C26H38FNO5. The van der Waals surface area contributed by atoms with Crippen molar-refractivity contribution >= 4 is 17.8 Å². The summed E-state index contributed by atoms with van der Waals surface area (Å²) in [6, 6.07) is 0. The van der Waals surface area contributed by atoms with Gasteiger partial charge in [-0.05, 0) is 70.9 Å². The molecule has 7 heteroatoms. The molecule has 1 aliphatic heterocycles. The summed E-state index contributed by atoms with van der Waals surface area (Å²) in [4.78, 5) is 25.0. The van der Waals surface area contributed by atoms with Crippen LogP contribution in [0.5, 0.6) is 0 Å². The van der Waals surface area contributed by atoms with Crippen molar-refractivity contribution in [3.05, 3.63) is 23.8 Å². The van der Waals surface area contributed by atoms with Crippen LogP contribution in [0.15, 0.2) is 23.8 Å². The third kappa shape index (κ3) is 3.86. The highest BCUT2D eigenvalue weighted by atomic mass is 19.1. The quantitative estimate of drug-likeness (QED) is 0.517. The number of alkyl halides is 1. The van der Waals surface area contributed by atoms with E-state index in [0.29, 0.717) is 37.7 Å². The molecule has 0 aromatic carbocycles. The number of halogens is 1. The lowest BCUT2D eigenvalue weighted by molar-refractivity contribution is -0.188. The number of fused-ring (bicyclic) bond motifs is 1. The van der Waals surface area contributed by atoms with Gasteiger partial charge in [0.2, 0.25) is 5.78 Å². The molecule has 2 aliphatic carbocycles. The van der Waals surface area contributed by atoms with Crippen LogP contribution in [-0.4, -0.2) is 52.7 Å². The molecule has 184 valence electrons. The maximum absolute atomic E-state index is 16.5. The number of allylic oxidation sites excluding steroid dienone is 4. The second-order valence-electron chi connectivity index (χ2n) is 11.0. The van der Waals surface area contributed by atoms with Gasteiger partial charge in [0.15, 0.2) is 17.2 Å². The minimum Gasteiger partial charge on any atom is -0.393 e. The van der Waals surface area contributed by atoms with Gasteiger partial charge in [0.1, 0.15) is 5.67 Å². The van der Waals surface area contributed by atoms with Crippen LogP contribution < -0.4 is 0 Å². The minimum atomic E-state index is -1.95. The van der Waals surface area contributed by atoms with Crippen LogP contribution in [0.3, 0.4) is 0 Å². The number of nitrogens with one attached hydrogen (secondary N) is 1. The number of carbonyl (C=O) groups is 2. The fraction of sp³-hybridized carbons (Fsp3) is 0.731. The summed E-state index contributed by atoms with van der Waals surface area (Å²) in [5.74, 6) is -2.13. The number of rotatable bonds is 8.